The lowest BCUT2D eigenvalue weighted by Gasteiger charge is -2.15. The number of ether oxygens (including phenoxy) is 2. The Labute approximate surface area is 179 Å². The second-order valence-electron chi connectivity index (χ2n) is 5.99. The summed E-state index contributed by atoms with van der Waals surface area (Å²) >= 11 is 0. The lowest BCUT2D eigenvalue weighted by Crippen LogP contribution is -2.36. The zero-order valence-corrected chi connectivity index (χ0v) is 18.7. The summed E-state index contributed by atoms with van der Waals surface area (Å²) in [6.45, 7) is 7.32. The van der Waals surface area contributed by atoms with Crippen molar-refractivity contribution in [1.29, 1.82) is 0 Å². The van der Waals surface area contributed by atoms with Gasteiger partial charge in [-0.25, -0.2) is 4.99 Å². The molecule has 0 saturated heterocycles. The first kappa shape index (κ1) is 23.2. The number of halogens is 1. The zero-order valence-electron chi connectivity index (χ0n) is 16.3. The average Bonchev–Trinajstić information content (AvgIpc) is 2.66. The van der Waals surface area contributed by atoms with Crippen LogP contribution in [0.25, 0.3) is 0 Å². The van der Waals surface area contributed by atoms with Gasteiger partial charge in [-0.3, -0.25) is 0 Å². The Bertz CT molecular complexity index is 693. The number of hydrogen-bond acceptors (Lipinski definition) is 3. The summed E-state index contributed by atoms with van der Waals surface area (Å²) in [6, 6.07) is 16.5. The van der Waals surface area contributed by atoms with Crippen LogP contribution in [0.2, 0.25) is 0 Å². The van der Waals surface area contributed by atoms with E-state index in [0.717, 1.165) is 23.8 Å². The first-order valence-electron chi connectivity index (χ1n) is 9.00. The van der Waals surface area contributed by atoms with Gasteiger partial charge in [-0.05, 0) is 31.0 Å². The van der Waals surface area contributed by atoms with Crippen LogP contribution in [-0.2, 0) is 17.8 Å². The molecule has 0 fully saturated rings. The molecule has 0 bridgehead atoms. The van der Waals surface area contributed by atoms with Crippen molar-refractivity contribution in [3.63, 3.8) is 0 Å². The molecular formula is C21H30IN3O2. The molecule has 27 heavy (non-hydrogen) atoms. The lowest BCUT2D eigenvalue weighted by molar-refractivity contribution is 0.145. The molecule has 0 aliphatic rings. The molecule has 2 rings (SSSR count). The summed E-state index contributed by atoms with van der Waals surface area (Å²) < 4.78 is 10.9. The summed E-state index contributed by atoms with van der Waals surface area (Å²) in [5.41, 5.74) is 3.45. The van der Waals surface area contributed by atoms with Gasteiger partial charge < -0.3 is 20.1 Å². The number of aliphatic imine (C=N–C) groups is 1. The Balaban J connectivity index is 0.00000364. The van der Waals surface area contributed by atoms with E-state index in [1.807, 2.05) is 18.2 Å². The first-order chi connectivity index (χ1) is 12.7. The maximum absolute atomic E-state index is 5.85. The second kappa shape index (κ2) is 13.4. The number of hydrogen-bond donors (Lipinski definition) is 2. The minimum Gasteiger partial charge on any atom is -0.491 e. The predicted octanol–water partition coefficient (Wildman–Crippen LogP) is 3.89. The third-order valence-corrected chi connectivity index (χ3v) is 3.82. The molecule has 0 aliphatic heterocycles. The zero-order chi connectivity index (χ0) is 18.6. The van der Waals surface area contributed by atoms with Crippen molar-refractivity contribution in [2.24, 2.45) is 4.99 Å². The number of guanidine groups is 1. The highest BCUT2D eigenvalue weighted by Gasteiger charge is 2.06. The van der Waals surface area contributed by atoms with Gasteiger partial charge in [-0.2, -0.15) is 0 Å². The highest BCUT2D eigenvalue weighted by atomic mass is 127. The quantitative estimate of drug-likeness (QED) is 0.246. The number of nitrogens with zero attached hydrogens (tertiary/aromatic N) is 1. The van der Waals surface area contributed by atoms with Crippen LogP contribution in [0.3, 0.4) is 0 Å². The van der Waals surface area contributed by atoms with E-state index >= 15 is 0 Å². The molecule has 0 saturated carbocycles. The van der Waals surface area contributed by atoms with E-state index < -0.39 is 0 Å². The molecule has 0 radical (unpaired) electrons. The molecule has 0 atom stereocenters. The molecule has 2 aromatic carbocycles. The third-order valence-electron chi connectivity index (χ3n) is 3.82. The molecule has 0 heterocycles. The van der Waals surface area contributed by atoms with Crippen LogP contribution in [0.5, 0.6) is 5.75 Å². The predicted molar refractivity (Wildman–Crippen MR) is 122 cm³/mol. The van der Waals surface area contributed by atoms with Crippen LogP contribution >= 0.6 is 24.0 Å². The van der Waals surface area contributed by atoms with Crippen LogP contribution < -0.4 is 15.4 Å². The fourth-order valence-corrected chi connectivity index (χ4v) is 2.45. The van der Waals surface area contributed by atoms with Crippen molar-refractivity contribution in [2.75, 3.05) is 26.9 Å². The second-order valence-corrected chi connectivity index (χ2v) is 5.99. The minimum atomic E-state index is 0. The molecular weight excluding hydrogens is 453 g/mol. The monoisotopic (exact) mass is 483 g/mol. The van der Waals surface area contributed by atoms with Gasteiger partial charge in [0.1, 0.15) is 12.4 Å². The van der Waals surface area contributed by atoms with Crippen LogP contribution in [0.4, 0.5) is 0 Å². The van der Waals surface area contributed by atoms with Gasteiger partial charge in [0.25, 0.3) is 0 Å². The van der Waals surface area contributed by atoms with Gasteiger partial charge in [0.05, 0.1) is 13.2 Å². The standard InChI is InChI=1S/C21H29N3O2.HI/c1-4-22-21(23-15-18-8-6-5-7-9-18)24-16-19-11-10-17(2)14-20(19)26-13-12-25-3;/h5-11,14H,4,12-13,15-16H2,1-3H3,(H2,22,23,24);1H. The number of methoxy groups -OCH3 is 1. The van der Waals surface area contributed by atoms with Crippen LogP contribution in [0, 0.1) is 6.92 Å². The summed E-state index contributed by atoms with van der Waals surface area (Å²) in [6.07, 6.45) is 0. The molecule has 5 nitrogen and oxygen atoms in total. The molecule has 0 amide bonds. The van der Waals surface area contributed by atoms with Gasteiger partial charge in [-0.1, -0.05) is 42.5 Å². The summed E-state index contributed by atoms with van der Waals surface area (Å²) in [7, 11) is 1.67. The molecule has 148 valence electrons. The van der Waals surface area contributed by atoms with Crippen molar-refractivity contribution in [3.8, 4) is 5.75 Å². The average molecular weight is 483 g/mol. The van der Waals surface area contributed by atoms with E-state index in [4.69, 9.17) is 9.47 Å². The molecule has 2 aromatic rings. The van der Waals surface area contributed by atoms with Crippen LogP contribution in [0.1, 0.15) is 23.6 Å². The maximum atomic E-state index is 5.85. The number of aryl methyl sites for hydroxylation is 1. The van der Waals surface area contributed by atoms with E-state index in [-0.39, 0.29) is 24.0 Å². The largest absolute Gasteiger partial charge is 0.491 e. The fraction of sp³-hybridized carbons (Fsp3) is 0.381. The SMILES string of the molecule is CCNC(=NCc1ccccc1)NCc1ccc(C)cc1OCCOC.I. The van der Waals surface area contributed by atoms with E-state index in [9.17, 15) is 0 Å². The highest BCUT2D eigenvalue weighted by molar-refractivity contribution is 14.0. The Morgan fingerprint density at radius 3 is 2.52 bits per heavy atom. The Morgan fingerprint density at radius 2 is 1.81 bits per heavy atom. The van der Waals surface area contributed by atoms with Crippen molar-refractivity contribution < 1.29 is 9.47 Å². The summed E-state index contributed by atoms with van der Waals surface area (Å²) in [4.78, 5) is 4.66. The van der Waals surface area contributed by atoms with Crippen molar-refractivity contribution in [2.45, 2.75) is 26.9 Å². The molecule has 2 N–H and O–H groups in total. The van der Waals surface area contributed by atoms with E-state index in [0.29, 0.717) is 26.3 Å². The van der Waals surface area contributed by atoms with E-state index in [2.05, 4.69) is 59.8 Å². The van der Waals surface area contributed by atoms with E-state index in [1.165, 1.54) is 11.1 Å². The number of rotatable bonds is 9. The lowest BCUT2D eigenvalue weighted by atomic mass is 10.1. The van der Waals surface area contributed by atoms with E-state index in [1.54, 1.807) is 7.11 Å². The van der Waals surface area contributed by atoms with Gasteiger partial charge in [0, 0.05) is 25.8 Å². The molecule has 0 aliphatic carbocycles. The highest BCUT2D eigenvalue weighted by Crippen LogP contribution is 2.20. The smallest absolute Gasteiger partial charge is 0.191 e. The van der Waals surface area contributed by atoms with Gasteiger partial charge >= 0.3 is 0 Å². The fourth-order valence-electron chi connectivity index (χ4n) is 2.45. The van der Waals surface area contributed by atoms with Crippen LogP contribution in [0.15, 0.2) is 53.5 Å². The third kappa shape index (κ3) is 8.62. The van der Waals surface area contributed by atoms with Crippen molar-refractivity contribution in [1.82, 2.24) is 10.6 Å². The van der Waals surface area contributed by atoms with Crippen molar-refractivity contribution in [3.05, 3.63) is 65.2 Å². The topological polar surface area (TPSA) is 54.9 Å². The minimum absolute atomic E-state index is 0. The van der Waals surface area contributed by atoms with Gasteiger partial charge in [0.2, 0.25) is 0 Å². The normalized spacial score (nSPS) is 10.9. The number of benzene rings is 2. The maximum Gasteiger partial charge on any atom is 0.191 e. The Hall–Kier alpha value is -1.80. The van der Waals surface area contributed by atoms with Crippen LogP contribution in [-0.4, -0.2) is 32.8 Å². The summed E-state index contributed by atoms with van der Waals surface area (Å²) in [5.74, 6) is 1.67. The van der Waals surface area contributed by atoms with Gasteiger partial charge in [0.15, 0.2) is 5.96 Å². The molecule has 0 unspecified atom stereocenters. The molecule has 6 heteroatoms. The summed E-state index contributed by atoms with van der Waals surface area (Å²) in [5, 5.41) is 6.67. The Morgan fingerprint density at radius 1 is 1.04 bits per heavy atom. The molecule has 0 aromatic heterocycles. The number of nitrogens with one attached hydrogen (secondary N) is 2. The van der Waals surface area contributed by atoms with Crippen molar-refractivity contribution >= 4 is 29.9 Å². The Kier molecular flexibility index (Phi) is 11.5. The first-order valence-corrected chi connectivity index (χ1v) is 9.00. The van der Waals surface area contributed by atoms with Gasteiger partial charge in [-0.15, -0.1) is 24.0 Å². The molecule has 0 spiro atoms.